The molecule has 0 saturated heterocycles. The number of amides is 6. The predicted octanol–water partition coefficient (Wildman–Crippen LogP) is -3.48. The summed E-state index contributed by atoms with van der Waals surface area (Å²) in [6.45, 7) is 4.28. The average molecular weight is 647 g/mol. The highest BCUT2D eigenvalue weighted by Crippen LogP contribution is 2.09. The van der Waals surface area contributed by atoms with Crippen LogP contribution >= 0.6 is 0 Å². The first-order chi connectivity index (χ1) is 21.9. The predicted molar refractivity (Wildman–Crippen MR) is 166 cm³/mol. The Balaban J connectivity index is 2.26. The van der Waals surface area contributed by atoms with Crippen molar-refractivity contribution in [2.24, 2.45) is 10.9 Å². The summed E-state index contributed by atoms with van der Waals surface area (Å²) in [6.07, 6.45) is 2.32. The van der Waals surface area contributed by atoms with Crippen molar-refractivity contribution in [2.45, 2.75) is 38.8 Å². The number of aliphatic hydroxyl groups excluding tert-OH is 1. The van der Waals surface area contributed by atoms with Crippen LogP contribution in [0.15, 0.2) is 42.1 Å². The van der Waals surface area contributed by atoms with E-state index in [0.717, 1.165) is 18.1 Å². The Labute approximate surface area is 266 Å². The van der Waals surface area contributed by atoms with Gasteiger partial charge in [-0.2, -0.15) is 0 Å². The molecule has 0 aliphatic heterocycles. The maximum atomic E-state index is 12.0. The van der Waals surface area contributed by atoms with Crippen molar-refractivity contribution in [3.8, 4) is 0 Å². The molecular formula is C29H42N8O9. The molecule has 0 bridgehead atoms. The number of carbonyl (C=O) groups is 7. The molecule has 9 N–H and O–H groups in total. The van der Waals surface area contributed by atoms with Gasteiger partial charge in [-0.1, -0.05) is 42.9 Å². The largest absolute Gasteiger partial charge is 0.394 e. The number of allylic oxidation sites excluding steroid dienone is 1. The van der Waals surface area contributed by atoms with E-state index in [0.29, 0.717) is 18.6 Å². The van der Waals surface area contributed by atoms with Crippen LogP contribution in [0.2, 0.25) is 0 Å². The monoisotopic (exact) mass is 646 g/mol. The standard InChI is InChI=1S/C29H42N8O9/c1-4-22(20-8-6-19(7-9-20)12-21(30)24(40)5-2)37-46-11-10-31-25(41)13-32-26(42)14-33-27(43)15-34-28(44)16-35-29(45)23(17-38)36-18(3)39/h4,6-9,21,23,38H,1,5,10-17,30H2,2-3H3,(H,31,41)(H,32,42)(H,33,43)(H,34,44)(H,35,45)(H,36,39)/b37-22+/t21-,23-/m0/s1. The van der Waals surface area contributed by atoms with E-state index in [2.05, 4.69) is 43.6 Å². The van der Waals surface area contributed by atoms with Gasteiger partial charge < -0.3 is 47.6 Å². The number of Topliss-reactive ketones (excluding diaryl/α,β-unsaturated/α-hetero) is 1. The minimum atomic E-state index is -1.22. The molecule has 6 amide bonds. The Kier molecular flexibility index (Phi) is 18.2. The average Bonchev–Trinajstić information content (AvgIpc) is 3.04. The lowest BCUT2D eigenvalue weighted by atomic mass is 10.00. The number of oxime groups is 1. The first kappa shape index (κ1) is 38.9. The normalized spacial score (nSPS) is 12.0. The van der Waals surface area contributed by atoms with E-state index in [4.69, 9.17) is 15.7 Å². The molecule has 0 fully saturated rings. The van der Waals surface area contributed by atoms with Crippen LogP contribution in [0, 0.1) is 0 Å². The van der Waals surface area contributed by atoms with E-state index in [1.165, 1.54) is 6.08 Å². The number of rotatable bonds is 21. The van der Waals surface area contributed by atoms with Crippen LogP contribution in [0.5, 0.6) is 0 Å². The van der Waals surface area contributed by atoms with Crippen LogP contribution in [0.3, 0.4) is 0 Å². The second kappa shape index (κ2) is 21.5. The van der Waals surface area contributed by atoms with Gasteiger partial charge in [0.05, 0.1) is 45.4 Å². The Morgan fingerprint density at radius 3 is 1.89 bits per heavy atom. The van der Waals surface area contributed by atoms with E-state index in [-0.39, 0.29) is 25.5 Å². The second-order valence-corrected chi connectivity index (χ2v) is 9.67. The van der Waals surface area contributed by atoms with Gasteiger partial charge in [0.25, 0.3) is 0 Å². The van der Waals surface area contributed by atoms with E-state index < -0.39 is 73.8 Å². The number of nitrogens with two attached hydrogens (primary N) is 1. The molecule has 0 heterocycles. The number of nitrogens with one attached hydrogen (secondary N) is 6. The number of hydrogen-bond donors (Lipinski definition) is 8. The molecule has 17 heteroatoms. The zero-order chi connectivity index (χ0) is 34.5. The third kappa shape index (κ3) is 16.1. The van der Waals surface area contributed by atoms with E-state index in [1.54, 1.807) is 19.1 Å². The molecule has 0 spiro atoms. The molecule has 1 aromatic carbocycles. The third-order valence-corrected chi connectivity index (χ3v) is 5.98. The maximum absolute atomic E-state index is 12.0. The number of aliphatic hydroxyl groups is 1. The van der Waals surface area contributed by atoms with Crippen molar-refractivity contribution in [3.63, 3.8) is 0 Å². The fourth-order valence-electron chi connectivity index (χ4n) is 3.52. The zero-order valence-electron chi connectivity index (χ0n) is 25.9. The topological polar surface area (TPSA) is 260 Å². The highest BCUT2D eigenvalue weighted by atomic mass is 16.6. The van der Waals surface area contributed by atoms with Crippen LogP contribution in [-0.4, -0.2) is 110 Å². The van der Waals surface area contributed by atoms with E-state index in [9.17, 15) is 33.6 Å². The molecule has 2 atom stereocenters. The Morgan fingerprint density at radius 2 is 1.41 bits per heavy atom. The van der Waals surface area contributed by atoms with Crippen molar-refractivity contribution in [1.82, 2.24) is 31.9 Å². The molecule has 252 valence electrons. The van der Waals surface area contributed by atoms with Gasteiger partial charge in [0, 0.05) is 18.9 Å². The van der Waals surface area contributed by atoms with Crippen LogP contribution in [0.25, 0.3) is 0 Å². The summed E-state index contributed by atoms with van der Waals surface area (Å²) < 4.78 is 0. The Morgan fingerprint density at radius 1 is 0.891 bits per heavy atom. The molecule has 0 saturated carbocycles. The summed E-state index contributed by atoms with van der Waals surface area (Å²) in [5.41, 5.74) is 8.00. The molecule has 17 nitrogen and oxygen atoms in total. The van der Waals surface area contributed by atoms with Gasteiger partial charge in [-0.15, -0.1) is 0 Å². The lowest BCUT2D eigenvalue weighted by Gasteiger charge is -2.14. The number of ketones is 1. The highest BCUT2D eigenvalue weighted by Gasteiger charge is 2.19. The molecule has 1 aromatic rings. The summed E-state index contributed by atoms with van der Waals surface area (Å²) in [7, 11) is 0. The highest BCUT2D eigenvalue weighted by molar-refractivity contribution is 6.08. The van der Waals surface area contributed by atoms with E-state index in [1.807, 2.05) is 12.1 Å². The summed E-state index contributed by atoms with van der Waals surface area (Å²) >= 11 is 0. The van der Waals surface area contributed by atoms with Crippen LogP contribution in [-0.2, 0) is 44.8 Å². The molecule has 46 heavy (non-hydrogen) atoms. The van der Waals surface area contributed by atoms with Gasteiger partial charge in [0.2, 0.25) is 35.4 Å². The summed E-state index contributed by atoms with van der Waals surface area (Å²) in [5.74, 6) is -3.93. The van der Waals surface area contributed by atoms with Gasteiger partial charge in [-0.25, -0.2) is 0 Å². The molecule has 0 aromatic heterocycles. The number of benzene rings is 1. The number of carbonyl (C=O) groups excluding carboxylic acids is 7. The van der Waals surface area contributed by atoms with Gasteiger partial charge in [-0.3, -0.25) is 33.6 Å². The smallest absolute Gasteiger partial charge is 0.245 e. The first-order valence-electron chi connectivity index (χ1n) is 14.3. The fourth-order valence-corrected chi connectivity index (χ4v) is 3.52. The summed E-state index contributed by atoms with van der Waals surface area (Å²) in [4.78, 5) is 87.3. The Hall–Kier alpha value is -5.16. The van der Waals surface area contributed by atoms with Crippen molar-refractivity contribution in [3.05, 3.63) is 48.0 Å². The molecule has 0 radical (unpaired) electrons. The van der Waals surface area contributed by atoms with Crippen LogP contribution < -0.4 is 37.6 Å². The first-order valence-corrected chi connectivity index (χ1v) is 14.3. The molecule has 0 aliphatic rings. The third-order valence-electron chi connectivity index (χ3n) is 5.98. The van der Waals surface area contributed by atoms with Gasteiger partial charge in [-0.05, 0) is 18.1 Å². The van der Waals surface area contributed by atoms with Gasteiger partial charge in [0.1, 0.15) is 24.1 Å². The lowest BCUT2D eigenvalue weighted by Crippen LogP contribution is -2.51. The SMILES string of the molecule is C=C/C(=N\OCCNC(=O)CNC(=O)CNC(=O)CNC(=O)CNC(=O)[C@H](CO)NC(C)=O)c1ccc(C[C@H](N)C(=O)CC)cc1. The number of hydrogen-bond acceptors (Lipinski definition) is 11. The maximum Gasteiger partial charge on any atom is 0.245 e. The molecule has 0 unspecified atom stereocenters. The minimum Gasteiger partial charge on any atom is -0.394 e. The van der Waals surface area contributed by atoms with Crippen molar-refractivity contribution >= 4 is 46.9 Å². The summed E-state index contributed by atoms with van der Waals surface area (Å²) in [5, 5.41) is 26.9. The van der Waals surface area contributed by atoms with Gasteiger partial charge in [0.15, 0.2) is 0 Å². The van der Waals surface area contributed by atoms with Crippen molar-refractivity contribution < 1.29 is 43.5 Å². The second-order valence-electron chi connectivity index (χ2n) is 9.67. The van der Waals surface area contributed by atoms with Gasteiger partial charge >= 0.3 is 0 Å². The van der Waals surface area contributed by atoms with E-state index >= 15 is 0 Å². The molecule has 1 rings (SSSR count). The minimum absolute atomic E-state index is 0.00664. The van der Waals surface area contributed by atoms with Crippen LogP contribution in [0.1, 0.15) is 31.4 Å². The quantitative estimate of drug-likeness (QED) is 0.0372. The fraction of sp³-hybridized carbons (Fsp3) is 0.448. The van der Waals surface area contributed by atoms with Crippen molar-refractivity contribution in [2.75, 3.05) is 45.9 Å². The van der Waals surface area contributed by atoms with Crippen LogP contribution in [0.4, 0.5) is 0 Å². The zero-order valence-corrected chi connectivity index (χ0v) is 25.9. The Bertz CT molecular complexity index is 1270. The lowest BCUT2D eigenvalue weighted by molar-refractivity contribution is -0.131. The summed E-state index contributed by atoms with van der Waals surface area (Å²) in [6, 6.07) is 5.52. The molecule has 0 aliphatic carbocycles. The van der Waals surface area contributed by atoms with Crippen molar-refractivity contribution in [1.29, 1.82) is 0 Å². The molecular weight excluding hydrogens is 604 g/mol. The number of nitrogens with zero attached hydrogens (tertiary/aromatic N) is 1.